The fourth-order valence-corrected chi connectivity index (χ4v) is 13.7. The molecule has 0 aliphatic carbocycles. The number of phosphoric ester groups is 2. The van der Waals surface area contributed by atoms with Crippen molar-refractivity contribution in [1.29, 1.82) is 0 Å². The molecule has 2 unspecified atom stereocenters. The van der Waals surface area contributed by atoms with Crippen LogP contribution in [0.5, 0.6) is 0 Å². The van der Waals surface area contributed by atoms with Gasteiger partial charge >= 0.3 is 39.5 Å². The predicted molar refractivity (Wildman–Crippen MR) is 400 cm³/mol. The first kappa shape index (κ1) is 96.1. The van der Waals surface area contributed by atoms with Gasteiger partial charge in [0.2, 0.25) is 0 Å². The van der Waals surface area contributed by atoms with Crippen LogP contribution in [0.1, 0.15) is 408 Å². The van der Waals surface area contributed by atoms with E-state index < -0.39 is 97.5 Å². The molecule has 0 amide bonds. The molecule has 19 heteroatoms. The maximum atomic E-state index is 13.1. The zero-order valence-corrected chi connectivity index (χ0v) is 66.0. The van der Waals surface area contributed by atoms with Gasteiger partial charge in [0.1, 0.15) is 19.3 Å². The van der Waals surface area contributed by atoms with E-state index in [1.54, 1.807) is 0 Å². The molecule has 0 bridgehead atoms. The lowest BCUT2D eigenvalue weighted by Crippen LogP contribution is -2.30. The molecule has 0 aromatic heterocycles. The lowest BCUT2D eigenvalue weighted by molar-refractivity contribution is -0.161. The molecule has 0 saturated heterocycles. The molecule has 0 fully saturated rings. The first-order valence-corrected chi connectivity index (χ1v) is 43.8. The number of carbonyl (C=O) groups is 4. The largest absolute Gasteiger partial charge is 0.472 e. The third-order valence-corrected chi connectivity index (χ3v) is 20.3. The maximum Gasteiger partial charge on any atom is 0.472 e. The number of aliphatic hydroxyl groups excluding tert-OH is 1. The van der Waals surface area contributed by atoms with Gasteiger partial charge in [0.05, 0.1) is 26.4 Å². The van der Waals surface area contributed by atoms with Gasteiger partial charge in [-0.15, -0.1) is 0 Å². The van der Waals surface area contributed by atoms with Gasteiger partial charge in [0.15, 0.2) is 12.2 Å². The van der Waals surface area contributed by atoms with Gasteiger partial charge in [-0.2, -0.15) is 0 Å². The van der Waals surface area contributed by atoms with E-state index in [1.807, 2.05) is 0 Å². The number of hydrogen-bond acceptors (Lipinski definition) is 15. The van der Waals surface area contributed by atoms with Crippen LogP contribution in [0.15, 0.2) is 0 Å². The monoisotopic (exact) mass is 1440 g/mol. The van der Waals surface area contributed by atoms with E-state index in [1.165, 1.54) is 218 Å². The molecule has 0 aromatic rings. The molecule has 0 radical (unpaired) electrons. The number of ether oxygens (including phenoxy) is 4. The van der Waals surface area contributed by atoms with E-state index in [0.29, 0.717) is 25.7 Å². The van der Waals surface area contributed by atoms with E-state index in [-0.39, 0.29) is 25.7 Å². The second-order valence-corrected chi connectivity index (χ2v) is 32.8. The standard InChI is InChI=1S/C79H154O17P2/c1-8-9-10-11-12-29-39-46-53-60-76(81)89-66-74(95-79(84)63-56-49-42-35-28-22-25-32-38-45-52-59-72(6)7)68-93-97(85,86)91-64-73(80)65-92-98(87,88)94-69-75(67-90-77(82)61-54-47-40-33-27-21-24-31-37-44-51-58-71(4)5)96-78(83)62-55-48-41-34-26-20-18-16-14-13-15-17-19-23-30-36-43-50-57-70(2)3/h70-75,80H,8-69H2,1-7H3,(H,85,86)(H,87,88)/t73-,74+,75+/m0/s1. The van der Waals surface area contributed by atoms with Crippen LogP contribution in [-0.2, 0) is 65.4 Å². The average Bonchev–Trinajstić information content (AvgIpc) is 1.10. The van der Waals surface area contributed by atoms with Crippen LogP contribution in [0.3, 0.4) is 0 Å². The SMILES string of the molecule is CCCCCCCCCCCC(=O)OC[C@H](COP(=O)(O)OC[C@H](O)COP(=O)(O)OC[C@@H](COC(=O)CCCCCCCCCCCCCC(C)C)OC(=O)CCCCCCCCCCCCCCCCCCCCC(C)C)OC(=O)CCCCCCCCCCCCCC(C)C. The number of carbonyl (C=O) groups excluding carboxylic acids is 4. The Labute approximate surface area is 600 Å². The van der Waals surface area contributed by atoms with Crippen molar-refractivity contribution in [3.8, 4) is 0 Å². The zero-order valence-electron chi connectivity index (χ0n) is 64.3. The fourth-order valence-electron chi connectivity index (χ4n) is 12.1. The normalized spacial score (nSPS) is 14.0. The van der Waals surface area contributed by atoms with Gasteiger partial charge in [0.25, 0.3) is 0 Å². The zero-order chi connectivity index (χ0) is 72.3. The summed E-state index contributed by atoms with van der Waals surface area (Å²) in [5.74, 6) is 0.242. The maximum absolute atomic E-state index is 13.1. The molecule has 0 aliphatic heterocycles. The lowest BCUT2D eigenvalue weighted by atomic mass is 10.0. The van der Waals surface area contributed by atoms with Crippen LogP contribution in [-0.4, -0.2) is 96.7 Å². The van der Waals surface area contributed by atoms with Crippen LogP contribution >= 0.6 is 15.6 Å². The van der Waals surface area contributed by atoms with Crippen molar-refractivity contribution in [2.45, 2.75) is 426 Å². The van der Waals surface area contributed by atoms with Gasteiger partial charge in [-0.05, 0) is 43.4 Å². The Kier molecular flexibility index (Phi) is 68.1. The van der Waals surface area contributed by atoms with Crippen LogP contribution < -0.4 is 0 Å². The molecule has 5 atom stereocenters. The smallest absolute Gasteiger partial charge is 0.462 e. The van der Waals surface area contributed by atoms with E-state index in [2.05, 4.69) is 48.5 Å². The first-order chi connectivity index (χ1) is 47.2. The molecule has 0 rings (SSSR count). The minimum Gasteiger partial charge on any atom is -0.462 e. The summed E-state index contributed by atoms with van der Waals surface area (Å²) in [6.45, 7) is 11.9. The van der Waals surface area contributed by atoms with E-state index in [9.17, 15) is 43.2 Å². The Hall–Kier alpha value is -1.94. The summed E-state index contributed by atoms with van der Waals surface area (Å²) < 4.78 is 68.6. The summed E-state index contributed by atoms with van der Waals surface area (Å²) >= 11 is 0. The highest BCUT2D eigenvalue weighted by molar-refractivity contribution is 7.47. The number of phosphoric acid groups is 2. The third-order valence-electron chi connectivity index (χ3n) is 18.4. The van der Waals surface area contributed by atoms with E-state index in [4.69, 9.17) is 37.0 Å². The molecule has 0 heterocycles. The van der Waals surface area contributed by atoms with Crippen molar-refractivity contribution in [1.82, 2.24) is 0 Å². The van der Waals surface area contributed by atoms with E-state index >= 15 is 0 Å². The quantitative estimate of drug-likeness (QED) is 0.0222. The van der Waals surface area contributed by atoms with Gasteiger partial charge in [-0.1, -0.05) is 357 Å². The highest BCUT2D eigenvalue weighted by Crippen LogP contribution is 2.45. The van der Waals surface area contributed by atoms with Crippen molar-refractivity contribution in [2.24, 2.45) is 17.8 Å². The number of rotatable bonds is 77. The highest BCUT2D eigenvalue weighted by Gasteiger charge is 2.30. The molecule has 3 N–H and O–H groups in total. The predicted octanol–water partition coefficient (Wildman–Crippen LogP) is 23.4. The summed E-state index contributed by atoms with van der Waals surface area (Å²) in [6.07, 6.45) is 56.9. The molecule has 0 aromatic carbocycles. The number of unbranched alkanes of at least 4 members (excludes halogenated alkanes) is 45. The van der Waals surface area contributed by atoms with Crippen molar-refractivity contribution in [3.63, 3.8) is 0 Å². The molecular weight excluding hydrogens is 1280 g/mol. The summed E-state index contributed by atoms with van der Waals surface area (Å²) in [6, 6.07) is 0. The van der Waals surface area contributed by atoms with Crippen molar-refractivity contribution in [3.05, 3.63) is 0 Å². The second-order valence-electron chi connectivity index (χ2n) is 29.9. The van der Waals surface area contributed by atoms with Gasteiger partial charge in [0, 0.05) is 25.7 Å². The Morgan fingerprint density at radius 2 is 0.469 bits per heavy atom. The molecule has 98 heavy (non-hydrogen) atoms. The van der Waals surface area contributed by atoms with Crippen LogP contribution in [0, 0.1) is 17.8 Å². The Morgan fingerprint density at radius 1 is 0.276 bits per heavy atom. The number of hydrogen-bond donors (Lipinski definition) is 3. The summed E-state index contributed by atoms with van der Waals surface area (Å²) in [5, 5.41) is 10.6. The highest BCUT2D eigenvalue weighted by atomic mass is 31.2. The molecule has 582 valence electrons. The third kappa shape index (κ3) is 72.4. The fraction of sp³-hybridized carbons (Fsp3) is 0.949. The van der Waals surface area contributed by atoms with E-state index in [0.717, 1.165) is 108 Å². The van der Waals surface area contributed by atoms with Crippen molar-refractivity contribution < 1.29 is 80.2 Å². The van der Waals surface area contributed by atoms with Crippen LogP contribution in [0.4, 0.5) is 0 Å². The lowest BCUT2D eigenvalue weighted by Gasteiger charge is -2.21. The van der Waals surface area contributed by atoms with Crippen molar-refractivity contribution in [2.75, 3.05) is 39.6 Å². The van der Waals surface area contributed by atoms with Gasteiger partial charge in [-0.3, -0.25) is 37.3 Å². The molecule has 17 nitrogen and oxygen atoms in total. The molecular formula is C79H154O17P2. The Morgan fingerprint density at radius 3 is 0.694 bits per heavy atom. The average molecular weight is 1440 g/mol. The molecule has 0 spiro atoms. The molecule has 0 saturated carbocycles. The summed E-state index contributed by atoms with van der Waals surface area (Å²) in [5.41, 5.74) is 0. The minimum absolute atomic E-state index is 0.106. The number of esters is 4. The van der Waals surface area contributed by atoms with Crippen LogP contribution in [0.2, 0.25) is 0 Å². The minimum atomic E-state index is -4.96. The van der Waals surface area contributed by atoms with Crippen LogP contribution in [0.25, 0.3) is 0 Å². The topological polar surface area (TPSA) is 237 Å². The second kappa shape index (κ2) is 69.4. The first-order valence-electron chi connectivity index (χ1n) is 40.8. The Bertz CT molecular complexity index is 1900. The summed E-state index contributed by atoms with van der Waals surface area (Å²) in [4.78, 5) is 72.9. The van der Waals surface area contributed by atoms with Gasteiger partial charge in [-0.25, -0.2) is 9.13 Å². The Balaban J connectivity index is 5.20. The number of aliphatic hydroxyl groups is 1. The summed E-state index contributed by atoms with van der Waals surface area (Å²) in [7, 11) is -9.91. The molecule has 0 aliphatic rings. The van der Waals surface area contributed by atoms with Gasteiger partial charge < -0.3 is 33.8 Å². The van der Waals surface area contributed by atoms with Crippen molar-refractivity contribution >= 4 is 39.5 Å².